The molecule has 0 saturated heterocycles. The molecule has 0 heterocycles. The van der Waals surface area contributed by atoms with Crippen LogP contribution in [-0.2, 0) is 12.8 Å². The lowest BCUT2D eigenvalue weighted by Crippen LogP contribution is -1.88. The van der Waals surface area contributed by atoms with Gasteiger partial charge in [-0.15, -0.1) is 0 Å². The van der Waals surface area contributed by atoms with Crippen LogP contribution in [0.5, 0.6) is 0 Å². The molecule has 3 aromatic carbocycles. The molecule has 0 fully saturated rings. The molecule has 0 aliphatic heterocycles. The van der Waals surface area contributed by atoms with E-state index in [1.165, 1.54) is 149 Å². The summed E-state index contributed by atoms with van der Waals surface area (Å²) in [6, 6.07) is 23.4. The van der Waals surface area contributed by atoms with Gasteiger partial charge in [0.15, 0.2) is 0 Å². The summed E-state index contributed by atoms with van der Waals surface area (Å²) in [6.07, 6.45) is 24.7. The van der Waals surface area contributed by atoms with Crippen molar-refractivity contribution in [2.45, 2.75) is 129 Å². The first kappa shape index (κ1) is 28.5. The third-order valence-corrected chi connectivity index (χ3v) is 7.83. The molecule has 0 aliphatic rings. The maximum atomic E-state index is 2.41. The van der Waals surface area contributed by atoms with E-state index in [0.717, 1.165) is 0 Å². The zero-order chi connectivity index (χ0) is 25.3. The average molecular weight is 485 g/mol. The van der Waals surface area contributed by atoms with Crippen molar-refractivity contribution >= 4 is 10.8 Å². The second-order valence-electron chi connectivity index (χ2n) is 11.0. The Balaban J connectivity index is 1.40. The number of unbranched alkanes of at least 4 members (excludes halogenated alkanes) is 14. The van der Waals surface area contributed by atoms with Gasteiger partial charge in [-0.3, -0.25) is 0 Å². The van der Waals surface area contributed by atoms with Gasteiger partial charge in [0.25, 0.3) is 0 Å². The number of rotatable bonds is 19. The number of fused-ring (bicyclic) bond motifs is 1. The summed E-state index contributed by atoms with van der Waals surface area (Å²) >= 11 is 0. The minimum atomic E-state index is 1.21. The Morgan fingerprint density at radius 2 is 0.778 bits per heavy atom. The molecule has 0 bridgehead atoms. The fourth-order valence-corrected chi connectivity index (χ4v) is 5.42. The number of aryl methyl sites for hydroxylation is 2. The normalized spacial score (nSPS) is 11.4. The monoisotopic (exact) mass is 484 g/mol. The number of hydrogen-bond acceptors (Lipinski definition) is 0. The van der Waals surface area contributed by atoms with E-state index < -0.39 is 0 Å². The van der Waals surface area contributed by atoms with Crippen LogP contribution in [-0.4, -0.2) is 0 Å². The quantitative estimate of drug-likeness (QED) is 0.148. The minimum Gasteiger partial charge on any atom is -0.0654 e. The molecular formula is C36H52. The van der Waals surface area contributed by atoms with E-state index in [-0.39, 0.29) is 0 Å². The van der Waals surface area contributed by atoms with Crippen LogP contribution in [0, 0.1) is 0 Å². The fourth-order valence-electron chi connectivity index (χ4n) is 5.42. The Kier molecular flexibility index (Phi) is 13.8. The zero-order valence-electron chi connectivity index (χ0n) is 23.5. The molecule has 0 aliphatic carbocycles. The summed E-state index contributed by atoms with van der Waals surface area (Å²) in [5, 5.41) is 2.73. The van der Waals surface area contributed by atoms with Gasteiger partial charge in [0.1, 0.15) is 0 Å². The van der Waals surface area contributed by atoms with E-state index in [9.17, 15) is 0 Å². The zero-order valence-corrected chi connectivity index (χ0v) is 23.5. The molecule has 0 atom stereocenters. The van der Waals surface area contributed by atoms with Crippen molar-refractivity contribution in [3.8, 4) is 11.1 Å². The van der Waals surface area contributed by atoms with Gasteiger partial charge in [-0.2, -0.15) is 0 Å². The highest BCUT2D eigenvalue weighted by molar-refractivity contribution is 5.87. The third-order valence-electron chi connectivity index (χ3n) is 7.83. The summed E-state index contributed by atoms with van der Waals surface area (Å²) in [4.78, 5) is 0. The van der Waals surface area contributed by atoms with Crippen LogP contribution in [0.4, 0.5) is 0 Å². The Morgan fingerprint density at radius 3 is 1.36 bits per heavy atom. The standard InChI is InChI=1S/C36H52/c1-3-5-7-9-11-12-13-14-16-18-20-32-23-26-36-30-35(28-27-34(36)29-32)33-24-21-31(22-25-33)19-17-15-10-8-6-4-2/h21-30H,3-20H2,1-2H3. The first-order chi connectivity index (χ1) is 17.8. The van der Waals surface area contributed by atoms with Crippen LogP contribution in [0.1, 0.15) is 128 Å². The van der Waals surface area contributed by atoms with Crippen molar-refractivity contribution in [2.75, 3.05) is 0 Å². The molecule has 0 unspecified atom stereocenters. The molecule has 0 spiro atoms. The Bertz CT molecular complexity index is 965. The molecule has 0 amide bonds. The van der Waals surface area contributed by atoms with Crippen LogP contribution in [0.2, 0.25) is 0 Å². The van der Waals surface area contributed by atoms with Gasteiger partial charge in [0.05, 0.1) is 0 Å². The lowest BCUT2D eigenvalue weighted by Gasteiger charge is -2.08. The maximum absolute atomic E-state index is 2.41. The molecule has 36 heavy (non-hydrogen) atoms. The van der Waals surface area contributed by atoms with Crippen molar-refractivity contribution in [3.63, 3.8) is 0 Å². The highest BCUT2D eigenvalue weighted by Gasteiger charge is 2.03. The molecule has 3 aromatic rings. The van der Waals surface area contributed by atoms with Crippen molar-refractivity contribution in [3.05, 3.63) is 71.8 Å². The van der Waals surface area contributed by atoms with Crippen molar-refractivity contribution in [1.82, 2.24) is 0 Å². The van der Waals surface area contributed by atoms with E-state index >= 15 is 0 Å². The highest BCUT2D eigenvalue weighted by atomic mass is 14.1. The lowest BCUT2D eigenvalue weighted by molar-refractivity contribution is 0.556. The van der Waals surface area contributed by atoms with E-state index in [4.69, 9.17) is 0 Å². The SMILES string of the molecule is CCCCCCCCCCCCc1ccc2cc(-c3ccc(CCCCCCCC)cc3)ccc2c1. The van der Waals surface area contributed by atoms with Crippen LogP contribution < -0.4 is 0 Å². The van der Waals surface area contributed by atoms with Gasteiger partial charge in [-0.25, -0.2) is 0 Å². The van der Waals surface area contributed by atoms with Crippen molar-refractivity contribution < 1.29 is 0 Å². The maximum Gasteiger partial charge on any atom is -0.0178 e. The third kappa shape index (κ3) is 10.5. The number of hydrogen-bond donors (Lipinski definition) is 0. The predicted octanol–water partition coefficient (Wildman–Crippen LogP) is 11.9. The van der Waals surface area contributed by atoms with Gasteiger partial charge in [-0.05, 0) is 64.8 Å². The lowest BCUT2D eigenvalue weighted by atomic mass is 9.97. The van der Waals surface area contributed by atoms with Gasteiger partial charge in [0, 0.05) is 0 Å². The van der Waals surface area contributed by atoms with Crippen molar-refractivity contribution in [1.29, 1.82) is 0 Å². The Morgan fingerprint density at radius 1 is 0.361 bits per heavy atom. The Labute approximate surface area is 222 Å². The van der Waals surface area contributed by atoms with Gasteiger partial charge < -0.3 is 0 Å². The van der Waals surface area contributed by atoms with Gasteiger partial charge in [-0.1, -0.05) is 158 Å². The molecule has 3 rings (SSSR count). The molecular weight excluding hydrogens is 432 g/mol. The second-order valence-corrected chi connectivity index (χ2v) is 11.0. The van der Waals surface area contributed by atoms with E-state index in [2.05, 4.69) is 74.5 Å². The molecule has 0 radical (unpaired) electrons. The van der Waals surface area contributed by atoms with Gasteiger partial charge >= 0.3 is 0 Å². The molecule has 0 heteroatoms. The molecule has 0 saturated carbocycles. The topological polar surface area (TPSA) is 0 Å². The van der Waals surface area contributed by atoms with Crippen LogP contribution >= 0.6 is 0 Å². The summed E-state index contributed by atoms with van der Waals surface area (Å²) in [6.45, 7) is 4.58. The largest absolute Gasteiger partial charge is 0.0654 e. The summed E-state index contributed by atoms with van der Waals surface area (Å²) in [5.74, 6) is 0. The van der Waals surface area contributed by atoms with E-state index in [0.29, 0.717) is 0 Å². The van der Waals surface area contributed by atoms with Crippen LogP contribution in [0.25, 0.3) is 21.9 Å². The number of benzene rings is 3. The minimum absolute atomic E-state index is 1.21. The van der Waals surface area contributed by atoms with Crippen LogP contribution in [0.15, 0.2) is 60.7 Å². The molecule has 0 nitrogen and oxygen atoms in total. The Hall–Kier alpha value is -2.08. The summed E-state index contributed by atoms with van der Waals surface area (Å²) in [7, 11) is 0. The smallest absolute Gasteiger partial charge is 0.0178 e. The molecule has 0 aromatic heterocycles. The predicted molar refractivity (Wildman–Crippen MR) is 162 cm³/mol. The second kappa shape index (κ2) is 17.4. The van der Waals surface area contributed by atoms with Gasteiger partial charge in [0.2, 0.25) is 0 Å². The fraction of sp³-hybridized carbons (Fsp3) is 0.556. The van der Waals surface area contributed by atoms with E-state index in [1.807, 2.05) is 0 Å². The molecule has 196 valence electrons. The van der Waals surface area contributed by atoms with Crippen LogP contribution in [0.3, 0.4) is 0 Å². The average Bonchev–Trinajstić information content (AvgIpc) is 2.91. The summed E-state index contributed by atoms with van der Waals surface area (Å²) < 4.78 is 0. The van der Waals surface area contributed by atoms with Crippen molar-refractivity contribution in [2.24, 2.45) is 0 Å². The first-order valence-electron chi connectivity index (χ1n) is 15.4. The molecule has 0 N–H and O–H groups in total. The highest BCUT2D eigenvalue weighted by Crippen LogP contribution is 2.26. The summed E-state index contributed by atoms with van der Waals surface area (Å²) in [5.41, 5.74) is 5.63. The van der Waals surface area contributed by atoms with E-state index in [1.54, 1.807) is 0 Å². The first-order valence-corrected chi connectivity index (χ1v) is 15.4.